The van der Waals surface area contributed by atoms with Crippen LogP contribution in [0.25, 0.3) is 33.3 Å². The highest BCUT2D eigenvalue weighted by Gasteiger charge is 2.43. The zero-order valence-corrected chi connectivity index (χ0v) is 35.5. The molecule has 0 fully saturated rings. The average Bonchev–Trinajstić information content (AvgIpc) is 3.80. The number of benzene rings is 5. The Balaban J connectivity index is 1.37. The fourth-order valence-electron chi connectivity index (χ4n) is 9.70. The minimum atomic E-state index is -0.577. The Morgan fingerprint density at radius 3 is 1.64 bits per heavy atom. The van der Waals surface area contributed by atoms with Gasteiger partial charge in [-0.25, -0.2) is 4.39 Å². The molecule has 6 aromatic rings. The highest BCUT2D eigenvalue weighted by atomic mass is 32.1. The molecule has 0 aliphatic heterocycles. The van der Waals surface area contributed by atoms with Crippen molar-refractivity contribution in [1.82, 2.24) is 8.75 Å². The van der Waals surface area contributed by atoms with E-state index in [9.17, 15) is 0 Å². The quantitative estimate of drug-likeness (QED) is 0.0815. The number of unbranched alkanes of at least 4 members (excludes halogenated alkanes) is 9. The molecule has 0 saturated heterocycles. The molecule has 0 N–H and O–H groups in total. The second-order valence-electron chi connectivity index (χ2n) is 17.5. The van der Waals surface area contributed by atoms with Crippen molar-refractivity contribution in [2.75, 3.05) is 0 Å². The minimum absolute atomic E-state index is 0.117. The van der Waals surface area contributed by atoms with Crippen LogP contribution in [0, 0.1) is 5.82 Å². The third-order valence-electron chi connectivity index (χ3n) is 13.2. The van der Waals surface area contributed by atoms with Gasteiger partial charge in [-0.2, -0.15) is 8.75 Å². The van der Waals surface area contributed by atoms with E-state index >= 15 is 4.39 Å². The first-order valence-electron chi connectivity index (χ1n) is 21.5. The van der Waals surface area contributed by atoms with Crippen molar-refractivity contribution in [2.24, 2.45) is 0 Å². The van der Waals surface area contributed by atoms with Gasteiger partial charge in [0.2, 0.25) is 0 Å². The summed E-state index contributed by atoms with van der Waals surface area (Å²) in [6.45, 7) is 13.5. The lowest BCUT2D eigenvalue weighted by molar-refractivity contribution is 0.398. The van der Waals surface area contributed by atoms with Crippen LogP contribution < -0.4 is 0 Å². The van der Waals surface area contributed by atoms with Gasteiger partial charge >= 0.3 is 0 Å². The number of hydrogen-bond acceptors (Lipinski definition) is 3. The van der Waals surface area contributed by atoms with Crippen LogP contribution in [0.2, 0.25) is 0 Å². The molecule has 1 aliphatic rings. The normalized spacial score (nSPS) is 15.3. The first kappa shape index (κ1) is 40.1. The van der Waals surface area contributed by atoms with Crippen LogP contribution in [-0.2, 0) is 16.2 Å². The highest BCUT2D eigenvalue weighted by Crippen LogP contribution is 2.56. The molecule has 56 heavy (non-hydrogen) atoms. The van der Waals surface area contributed by atoms with Gasteiger partial charge in [-0.15, -0.1) is 0 Å². The summed E-state index contributed by atoms with van der Waals surface area (Å²) in [5.74, 6) is -0.222. The molecule has 1 aromatic heterocycles. The van der Waals surface area contributed by atoms with E-state index in [0.29, 0.717) is 11.1 Å². The Morgan fingerprint density at radius 2 is 1.04 bits per heavy atom. The molecule has 0 bridgehead atoms. The lowest BCUT2D eigenvalue weighted by atomic mass is 9.68. The Labute approximate surface area is 340 Å². The van der Waals surface area contributed by atoms with Crippen LogP contribution in [0.1, 0.15) is 158 Å². The number of aromatic nitrogens is 2. The van der Waals surface area contributed by atoms with Gasteiger partial charge in [-0.05, 0) is 69.5 Å². The van der Waals surface area contributed by atoms with E-state index in [1.54, 1.807) is 6.07 Å². The van der Waals surface area contributed by atoms with Crippen molar-refractivity contribution >= 4 is 22.8 Å². The van der Waals surface area contributed by atoms with Crippen LogP contribution in [0.4, 0.5) is 4.39 Å². The van der Waals surface area contributed by atoms with Gasteiger partial charge in [0.15, 0.2) is 0 Å². The maximum absolute atomic E-state index is 16.8. The smallest absolute Gasteiger partial charge is 0.130 e. The lowest BCUT2D eigenvalue weighted by Gasteiger charge is -2.35. The van der Waals surface area contributed by atoms with E-state index in [1.807, 2.05) is 18.2 Å². The number of hydrogen-bond donors (Lipinski definition) is 0. The Morgan fingerprint density at radius 1 is 0.518 bits per heavy atom. The molecular formula is C52H61FN2S. The van der Waals surface area contributed by atoms with Gasteiger partial charge in [0.05, 0.1) is 11.7 Å². The summed E-state index contributed by atoms with van der Waals surface area (Å²) in [4.78, 5) is 0. The van der Waals surface area contributed by atoms with Gasteiger partial charge in [-0.1, -0.05) is 203 Å². The summed E-state index contributed by atoms with van der Waals surface area (Å²) in [7, 11) is 0. The van der Waals surface area contributed by atoms with Crippen LogP contribution in [0.3, 0.4) is 0 Å². The lowest BCUT2D eigenvalue weighted by Crippen LogP contribution is -2.27. The summed E-state index contributed by atoms with van der Waals surface area (Å²) in [6.07, 6.45) is 16.1. The molecule has 4 heteroatoms. The number of rotatable bonds is 18. The molecule has 1 heterocycles. The monoisotopic (exact) mass is 764 g/mol. The van der Waals surface area contributed by atoms with Gasteiger partial charge < -0.3 is 0 Å². The number of nitrogens with zero attached hydrogens (tertiary/aromatic N) is 2. The maximum Gasteiger partial charge on any atom is 0.130 e. The van der Waals surface area contributed by atoms with Crippen molar-refractivity contribution in [3.05, 3.63) is 142 Å². The van der Waals surface area contributed by atoms with E-state index < -0.39 is 5.41 Å². The fraction of sp³-hybridized carbons (Fsp3) is 0.423. The molecule has 292 valence electrons. The van der Waals surface area contributed by atoms with Crippen molar-refractivity contribution in [2.45, 2.75) is 141 Å². The summed E-state index contributed by atoms with van der Waals surface area (Å²) in [5.41, 5.74) is 12.5. The summed E-state index contributed by atoms with van der Waals surface area (Å²) < 4.78 is 26.4. The topological polar surface area (TPSA) is 25.8 Å². The molecule has 0 radical (unpaired) electrons. The molecule has 0 saturated carbocycles. The second-order valence-corrected chi connectivity index (χ2v) is 18.0. The first-order chi connectivity index (χ1) is 27.1. The zero-order chi connectivity index (χ0) is 39.3. The van der Waals surface area contributed by atoms with E-state index in [0.717, 1.165) is 35.0 Å². The van der Waals surface area contributed by atoms with Gasteiger partial charge in [0, 0.05) is 27.4 Å². The number of halogens is 1. The third kappa shape index (κ3) is 7.63. The molecule has 0 amide bonds. The Bertz CT molecular complexity index is 2230. The summed E-state index contributed by atoms with van der Waals surface area (Å²) >= 11 is 1.18. The number of fused-ring (bicyclic) bond motifs is 4. The van der Waals surface area contributed by atoms with E-state index in [2.05, 4.69) is 120 Å². The first-order valence-corrected chi connectivity index (χ1v) is 22.2. The fourth-order valence-corrected chi connectivity index (χ4v) is 10.3. The largest absolute Gasteiger partial charge is 0.207 e. The van der Waals surface area contributed by atoms with Crippen LogP contribution in [0.15, 0.2) is 103 Å². The molecular weight excluding hydrogens is 704 g/mol. The maximum atomic E-state index is 16.8. The van der Waals surface area contributed by atoms with E-state index in [4.69, 9.17) is 8.75 Å². The van der Waals surface area contributed by atoms with E-state index in [1.165, 1.54) is 116 Å². The molecule has 1 unspecified atom stereocenters. The predicted octanol–water partition coefficient (Wildman–Crippen LogP) is 15.5. The van der Waals surface area contributed by atoms with Crippen molar-refractivity contribution < 1.29 is 4.39 Å². The SMILES string of the molecule is CCCCCCCCC1(CCCCCCC)c2cc(-c3cc(F)c(C(C)(C)c4ccccc4)c4nsnc34)ccc2-c2ccc(C(C)(C)c3ccccc3)cc21. The second kappa shape index (κ2) is 17.1. The van der Waals surface area contributed by atoms with Crippen molar-refractivity contribution in [3.8, 4) is 22.3 Å². The highest BCUT2D eigenvalue weighted by molar-refractivity contribution is 7.00. The standard InChI is InChI=1S/C52H61FN2S/c1-7-9-11-13-15-23-33-52(32-22-14-12-10-8-2)44-34-37(28-30-41(44)42-31-29-40(35-45(42)52)50(3,4)38-24-18-16-19-25-38)43-36-46(53)47(49-48(43)54-56-55-49)51(5,6)39-26-20-17-21-27-39/h16-21,24-31,34-36H,7-15,22-23,32-33H2,1-6H3. The molecule has 0 spiro atoms. The molecule has 5 aromatic carbocycles. The van der Waals surface area contributed by atoms with Gasteiger partial charge in [-0.3, -0.25) is 0 Å². The molecule has 1 aliphatic carbocycles. The molecule has 2 nitrogen and oxygen atoms in total. The van der Waals surface area contributed by atoms with Crippen LogP contribution in [-0.4, -0.2) is 8.75 Å². The van der Waals surface area contributed by atoms with Crippen LogP contribution >= 0.6 is 11.7 Å². The summed E-state index contributed by atoms with van der Waals surface area (Å²) in [6, 6.07) is 37.3. The Kier molecular flexibility index (Phi) is 12.3. The van der Waals surface area contributed by atoms with Crippen LogP contribution in [0.5, 0.6) is 0 Å². The minimum Gasteiger partial charge on any atom is -0.207 e. The van der Waals surface area contributed by atoms with Gasteiger partial charge in [0.1, 0.15) is 16.9 Å². The summed E-state index contributed by atoms with van der Waals surface area (Å²) in [5, 5.41) is 0. The third-order valence-corrected chi connectivity index (χ3v) is 13.7. The Hall–Kier alpha value is -4.15. The average molecular weight is 765 g/mol. The van der Waals surface area contributed by atoms with Gasteiger partial charge in [0.25, 0.3) is 0 Å². The molecule has 7 rings (SSSR count). The zero-order valence-electron chi connectivity index (χ0n) is 34.7. The predicted molar refractivity (Wildman–Crippen MR) is 238 cm³/mol. The molecule has 1 atom stereocenters. The van der Waals surface area contributed by atoms with Crippen molar-refractivity contribution in [3.63, 3.8) is 0 Å². The van der Waals surface area contributed by atoms with Crippen molar-refractivity contribution in [1.29, 1.82) is 0 Å². The van der Waals surface area contributed by atoms with E-state index in [-0.39, 0.29) is 16.6 Å².